The maximum atomic E-state index is 5.71. The van der Waals surface area contributed by atoms with Crippen molar-refractivity contribution in [2.75, 3.05) is 24.1 Å². The molecule has 9 nitrogen and oxygen atoms in total. The molecular weight excluding hydrogens is 342 g/mol. The quantitative estimate of drug-likeness (QED) is 0.674. The van der Waals surface area contributed by atoms with Crippen molar-refractivity contribution in [3.63, 3.8) is 0 Å². The Morgan fingerprint density at radius 1 is 1.26 bits per heavy atom. The maximum absolute atomic E-state index is 5.71. The molecule has 0 atom stereocenters. The normalized spacial score (nSPS) is 14.6. The Hall–Kier alpha value is -3.46. The molecule has 1 aliphatic rings. The Labute approximate surface area is 156 Å². The van der Waals surface area contributed by atoms with Crippen molar-refractivity contribution < 1.29 is 0 Å². The first-order chi connectivity index (χ1) is 13.1. The van der Waals surface area contributed by atoms with Gasteiger partial charge in [-0.25, -0.2) is 15.0 Å². The number of imidazole rings is 1. The monoisotopic (exact) mass is 363 g/mol. The second-order valence-corrected chi connectivity index (χ2v) is 6.32. The smallest absolute Gasteiger partial charge is 0.190 e. The molecule has 0 saturated carbocycles. The fourth-order valence-corrected chi connectivity index (χ4v) is 3.07. The third-order valence-corrected chi connectivity index (χ3v) is 4.42. The fraction of sp³-hybridized carbons (Fsp3) is 0.222. The molecule has 0 saturated heterocycles. The number of rotatable bonds is 4. The number of pyridine rings is 1. The van der Waals surface area contributed by atoms with E-state index < -0.39 is 0 Å². The molecule has 3 aromatic rings. The summed E-state index contributed by atoms with van der Waals surface area (Å²) in [6.07, 6.45) is 8.80. The summed E-state index contributed by atoms with van der Waals surface area (Å²) in [6, 6.07) is 4.08. The zero-order valence-electron chi connectivity index (χ0n) is 15.5. The highest BCUT2D eigenvalue weighted by Gasteiger charge is 2.27. The van der Waals surface area contributed by atoms with Crippen LogP contribution in [0.2, 0.25) is 0 Å². The van der Waals surface area contributed by atoms with Gasteiger partial charge in [-0.05, 0) is 18.6 Å². The van der Waals surface area contributed by atoms with E-state index in [1.54, 1.807) is 19.5 Å². The third kappa shape index (κ3) is 2.97. The van der Waals surface area contributed by atoms with Crippen molar-refractivity contribution >= 4 is 29.1 Å². The summed E-state index contributed by atoms with van der Waals surface area (Å²) in [5, 5.41) is 3.79. The predicted octanol–water partition coefficient (Wildman–Crippen LogP) is 1.31. The van der Waals surface area contributed by atoms with Gasteiger partial charge >= 0.3 is 0 Å². The van der Waals surface area contributed by atoms with Gasteiger partial charge in [0.15, 0.2) is 11.6 Å². The second kappa shape index (κ2) is 6.69. The minimum absolute atomic E-state index is 0.618. The molecule has 0 aliphatic carbocycles. The molecule has 3 aromatic heterocycles. The number of aromatic nitrogens is 4. The zero-order chi connectivity index (χ0) is 19.0. The summed E-state index contributed by atoms with van der Waals surface area (Å²) in [5.41, 5.74) is 13.5. The highest BCUT2D eigenvalue weighted by Crippen LogP contribution is 2.30. The Morgan fingerprint density at radius 3 is 2.89 bits per heavy atom. The molecule has 9 heteroatoms. The Bertz CT molecular complexity index is 1050. The van der Waals surface area contributed by atoms with Gasteiger partial charge in [0.05, 0.1) is 18.4 Å². The molecule has 0 fully saturated rings. The molecule has 0 unspecified atom stereocenters. The van der Waals surface area contributed by atoms with Crippen LogP contribution in [0.3, 0.4) is 0 Å². The average molecular weight is 363 g/mol. The second-order valence-electron chi connectivity index (χ2n) is 6.32. The summed E-state index contributed by atoms with van der Waals surface area (Å²) in [7, 11) is 3.60. The van der Waals surface area contributed by atoms with Crippen LogP contribution in [0.15, 0.2) is 41.9 Å². The van der Waals surface area contributed by atoms with E-state index in [2.05, 4.69) is 37.2 Å². The Morgan fingerprint density at radius 2 is 2.11 bits per heavy atom. The molecule has 138 valence electrons. The molecule has 0 bridgehead atoms. The van der Waals surface area contributed by atoms with E-state index >= 15 is 0 Å². The Balaban J connectivity index is 1.68. The molecule has 0 radical (unpaired) electrons. The van der Waals surface area contributed by atoms with Gasteiger partial charge in [0.25, 0.3) is 0 Å². The fourth-order valence-electron chi connectivity index (χ4n) is 3.07. The van der Waals surface area contributed by atoms with E-state index in [1.165, 1.54) is 6.20 Å². The molecule has 0 spiro atoms. The molecule has 27 heavy (non-hydrogen) atoms. The van der Waals surface area contributed by atoms with E-state index in [1.807, 2.05) is 36.3 Å². The molecule has 4 heterocycles. The van der Waals surface area contributed by atoms with Crippen molar-refractivity contribution in [2.24, 2.45) is 10.7 Å². The number of hydrogen-bond donors (Lipinski definition) is 2. The van der Waals surface area contributed by atoms with Crippen molar-refractivity contribution in [1.82, 2.24) is 24.9 Å². The first-order valence-corrected chi connectivity index (χ1v) is 8.52. The molecule has 1 aliphatic heterocycles. The van der Waals surface area contributed by atoms with E-state index in [0.29, 0.717) is 12.2 Å². The van der Waals surface area contributed by atoms with Crippen molar-refractivity contribution in [3.05, 3.63) is 53.9 Å². The maximum Gasteiger partial charge on any atom is 0.190 e. The van der Waals surface area contributed by atoms with Gasteiger partial charge in [-0.1, -0.05) is 6.07 Å². The lowest BCUT2D eigenvalue weighted by atomic mass is 10.2. The van der Waals surface area contributed by atoms with Crippen molar-refractivity contribution in [2.45, 2.75) is 13.5 Å². The van der Waals surface area contributed by atoms with Crippen LogP contribution >= 0.6 is 0 Å². The highest BCUT2D eigenvalue weighted by atomic mass is 15.8. The van der Waals surface area contributed by atoms with Crippen LogP contribution in [0, 0.1) is 6.92 Å². The summed E-state index contributed by atoms with van der Waals surface area (Å²) in [4.78, 5) is 17.7. The number of fused-ring (bicyclic) bond motifs is 2. The van der Waals surface area contributed by atoms with E-state index in [-0.39, 0.29) is 0 Å². The molecule has 3 N–H and O–H groups in total. The van der Waals surface area contributed by atoms with E-state index in [9.17, 15) is 0 Å². The predicted molar refractivity (Wildman–Crippen MR) is 106 cm³/mol. The summed E-state index contributed by atoms with van der Waals surface area (Å²) < 4.78 is 2.07. The van der Waals surface area contributed by atoms with Crippen LogP contribution in [0.5, 0.6) is 0 Å². The first kappa shape index (κ1) is 17.0. The highest BCUT2D eigenvalue weighted by molar-refractivity contribution is 6.08. The van der Waals surface area contributed by atoms with Gasteiger partial charge in [-0.3, -0.25) is 15.0 Å². The SMILES string of the molecule is CN=CC(=CN)c1cnc2c(n1)N(Cc1ccc3ncc(C)n3c1)NN2C. The summed E-state index contributed by atoms with van der Waals surface area (Å²) in [6.45, 7) is 2.65. The van der Waals surface area contributed by atoms with Crippen LogP contribution in [-0.2, 0) is 6.54 Å². The zero-order valence-corrected chi connectivity index (χ0v) is 15.5. The van der Waals surface area contributed by atoms with Gasteiger partial charge in [-0.2, -0.15) is 0 Å². The van der Waals surface area contributed by atoms with Crippen LogP contribution in [-0.4, -0.2) is 39.7 Å². The number of nitrogens with two attached hydrogens (primary N) is 1. The van der Waals surface area contributed by atoms with E-state index in [4.69, 9.17) is 10.7 Å². The van der Waals surface area contributed by atoms with Crippen LogP contribution in [0.1, 0.15) is 17.0 Å². The topological polar surface area (TPSA) is 100.0 Å². The molecule has 0 aromatic carbocycles. The van der Waals surface area contributed by atoms with E-state index in [0.717, 1.165) is 34.1 Å². The van der Waals surface area contributed by atoms with Gasteiger partial charge in [0, 0.05) is 50.2 Å². The first-order valence-electron chi connectivity index (χ1n) is 8.52. The lowest BCUT2D eigenvalue weighted by Gasteiger charge is -2.19. The minimum atomic E-state index is 0.618. The van der Waals surface area contributed by atoms with Crippen molar-refractivity contribution in [3.8, 4) is 0 Å². The van der Waals surface area contributed by atoms with Crippen molar-refractivity contribution in [1.29, 1.82) is 0 Å². The summed E-state index contributed by atoms with van der Waals surface area (Å²) in [5.74, 6) is 1.49. The molecule has 4 rings (SSSR count). The minimum Gasteiger partial charge on any atom is -0.404 e. The number of aliphatic imine (C=N–C) groups is 1. The van der Waals surface area contributed by atoms with Gasteiger partial charge in [-0.15, -0.1) is 5.53 Å². The van der Waals surface area contributed by atoms with Gasteiger partial charge in [0.1, 0.15) is 5.65 Å². The van der Waals surface area contributed by atoms with Gasteiger partial charge < -0.3 is 10.1 Å². The molecule has 0 amide bonds. The summed E-state index contributed by atoms with van der Waals surface area (Å²) >= 11 is 0. The average Bonchev–Trinajstić information content (AvgIpc) is 3.20. The number of anilines is 2. The van der Waals surface area contributed by atoms with Crippen LogP contribution < -0.4 is 21.3 Å². The number of hydrazine groups is 2. The number of aryl methyl sites for hydroxylation is 1. The third-order valence-electron chi connectivity index (χ3n) is 4.42. The standard InChI is InChI=1S/C18H21N9/c1-12-7-21-16-5-4-13(10-26(12)16)11-27-18-17(25(3)24-27)22-9-15(23-18)14(6-19)8-20-2/h4-10,24H,11,19H2,1-3H3. The van der Waals surface area contributed by atoms with Crippen LogP contribution in [0.4, 0.5) is 11.6 Å². The Kier molecular flexibility index (Phi) is 4.21. The number of nitrogens with zero attached hydrogens (tertiary/aromatic N) is 7. The number of hydrogen-bond acceptors (Lipinski definition) is 8. The number of allylic oxidation sites excluding steroid dienone is 1. The lowest BCUT2D eigenvalue weighted by molar-refractivity contribution is 0.642. The molecular formula is C18H21N9. The largest absolute Gasteiger partial charge is 0.404 e. The van der Waals surface area contributed by atoms with Gasteiger partial charge in [0.2, 0.25) is 0 Å². The van der Waals surface area contributed by atoms with Crippen LogP contribution in [0.25, 0.3) is 11.2 Å². The number of nitrogens with one attached hydrogen (secondary N) is 1. The lowest BCUT2D eigenvalue weighted by Crippen LogP contribution is -2.42.